The van der Waals surface area contributed by atoms with Crippen LogP contribution in [-0.4, -0.2) is 23.8 Å². The van der Waals surface area contributed by atoms with Gasteiger partial charge >= 0.3 is 0 Å². The molecule has 0 amide bonds. The largest absolute Gasteiger partial charge is 0.393 e. The molecule has 2 aliphatic rings. The molecule has 0 aliphatic heterocycles. The third-order valence-corrected chi connectivity index (χ3v) is 4.57. The highest BCUT2D eigenvalue weighted by Crippen LogP contribution is 2.29. The van der Waals surface area contributed by atoms with Gasteiger partial charge in [-0.3, -0.25) is 0 Å². The van der Waals surface area contributed by atoms with Gasteiger partial charge in [0.1, 0.15) is 0 Å². The van der Waals surface area contributed by atoms with E-state index in [1.165, 1.54) is 38.5 Å². The molecule has 94 valence electrons. The first-order chi connectivity index (χ1) is 7.78. The summed E-state index contributed by atoms with van der Waals surface area (Å²) < 4.78 is 0. The fourth-order valence-electron chi connectivity index (χ4n) is 3.41. The minimum atomic E-state index is -0.0208. The number of nitrogens with one attached hydrogen (secondary N) is 1. The van der Waals surface area contributed by atoms with Crippen molar-refractivity contribution in [2.24, 2.45) is 11.8 Å². The predicted molar refractivity (Wildman–Crippen MR) is 67.4 cm³/mol. The van der Waals surface area contributed by atoms with E-state index in [-0.39, 0.29) is 6.10 Å². The summed E-state index contributed by atoms with van der Waals surface area (Å²) in [6.45, 7) is 3.45. The molecular weight excluding hydrogens is 198 g/mol. The summed E-state index contributed by atoms with van der Waals surface area (Å²) in [5, 5.41) is 13.3. The highest BCUT2D eigenvalue weighted by Gasteiger charge is 2.25. The van der Waals surface area contributed by atoms with Crippen molar-refractivity contribution in [3.05, 3.63) is 0 Å². The highest BCUT2D eigenvalue weighted by atomic mass is 16.3. The Kier molecular flexibility index (Phi) is 4.66. The summed E-state index contributed by atoms with van der Waals surface area (Å²) in [6.07, 6.45) is 10.1. The van der Waals surface area contributed by atoms with E-state index < -0.39 is 0 Å². The standard InChI is InChI=1S/C14H27NO/c1-2-11-6-7-13(8-11)15-10-12-4-3-5-14(16)9-12/h11-16H,2-10H2,1H3. The minimum Gasteiger partial charge on any atom is -0.393 e. The molecule has 0 radical (unpaired) electrons. The first-order valence-corrected chi connectivity index (χ1v) is 7.19. The number of hydrogen-bond donors (Lipinski definition) is 2. The Morgan fingerprint density at radius 3 is 2.62 bits per heavy atom. The molecule has 0 spiro atoms. The van der Waals surface area contributed by atoms with Crippen LogP contribution in [0.25, 0.3) is 0 Å². The summed E-state index contributed by atoms with van der Waals surface area (Å²) in [5.41, 5.74) is 0. The van der Waals surface area contributed by atoms with Crippen molar-refractivity contribution in [3.63, 3.8) is 0 Å². The van der Waals surface area contributed by atoms with E-state index >= 15 is 0 Å². The lowest BCUT2D eigenvalue weighted by Gasteiger charge is -2.27. The quantitative estimate of drug-likeness (QED) is 0.771. The van der Waals surface area contributed by atoms with Crippen molar-refractivity contribution in [2.75, 3.05) is 6.54 Å². The monoisotopic (exact) mass is 225 g/mol. The van der Waals surface area contributed by atoms with E-state index in [0.717, 1.165) is 37.3 Å². The smallest absolute Gasteiger partial charge is 0.0543 e. The fourth-order valence-corrected chi connectivity index (χ4v) is 3.41. The summed E-state index contributed by atoms with van der Waals surface area (Å²) in [7, 11) is 0. The van der Waals surface area contributed by atoms with E-state index in [9.17, 15) is 5.11 Å². The Hall–Kier alpha value is -0.0800. The fraction of sp³-hybridized carbons (Fsp3) is 1.00. The van der Waals surface area contributed by atoms with Gasteiger partial charge in [0, 0.05) is 6.04 Å². The Morgan fingerprint density at radius 1 is 1.06 bits per heavy atom. The minimum absolute atomic E-state index is 0.0208. The van der Waals surface area contributed by atoms with Gasteiger partial charge in [-0.25, -0.2) is 0 Å². The van der Waals surface area contributed by atoms with Gasteiger partial charge in [-0.1, -0.05) is 19.8 Å². The van der Waals surface area contributed by atoms with Gasteiger partial charge in [-0.2, -0.15) is 0 Å². The second kappa shape index (κ2) is 6.02. The Bertz CT molecular complexity index is 207. The lowest BCUT2D eigenvalue weighted by Crippen LogP contribution is -2.34. The molecule has 0 heterocycles. The van der Waals surface area contributed by atoms with Crippen molar-refractivity contribution in [3.8, 4) is 0 Å². The van der Waals surface area contributed by atoms with Crippen LogP contribution in [0.3, 0.4) is 0 Å². The van der Waals surface area contributed by atoms with E-state index in [1.807, 2.05) is 0 Å². The van der Waals surface area contributed by atoms with Crippen LogP contribution in [0.4, 0.5) is 0 Å². The molecule has 2 fully saturated rings. The van der Waals surface area contributed by atoms with E-state index in [1.54, 1.807) is 0 Å². The zero-order valence-electron chi connectivity index (χ0n) is 10.6. The second-order valence-electron chi connectivity index (χ2n) is 5.88. The third kappa shape index (κ3) is 3.46. The molecule has 2 N–H and O–H groups in total. The zero-order valence-corrected chi connectivity index (χ0v) is 10.6. The lowest BCUT2D eigenvalue weighted by molar-refractivity contribution is 0.0996. The van der Waals surface area contributed by atoms with Crippen LogP contribution in [0, 0.1) is 11.8 Å². The summed E-state index contributed by atoms with van der Waals surface area (Å²) in [4.78, 5) is 0. The van der Waals surface area contributed by atoms with Crippen LogP contribution in [0.15, 0.2) is 0 Å². The molecule has 2 aliphatic carbocycles. The zero-order chi connectivity index (χ0) is 11.4. The van der Waals surface area contributed by atoms with Crippen LogP contribution in [0.5, 0.6) is 0 Å². The van der Waals surface area contributed by atoms with Gasteiger partial charge in [0.25, 0.3) is 0 Å². The summed E-state index contributed by atoms with van der Waals surface area (Å²) in [5.74, 6) is 1.69. The lowest BCUT2D eigenvalue weighted by atomic mass is 9.87. The average Bonchev–Trinajstić information content (AvgIpc) is 2.74. The average molecular weight is 225 g/mol. The van der Waals surface area contributed by atoms with Crippen molar-refractivity contribution >= 4 is 0 Å². The topological polar surface area (TPSA) is 32.3 Å². The molecule has 0 bridgehead atoms. The van der Waals surface area contributed by atoms with E-state index in [4.69, 9.17) is 0 Å². The van der Waals surface area contributed by atoms with Crippen molar-refractivity contribution < 1.29 is 5.11 Å². The number of aliphatic hydroxyl groups excluding tert-OH is 1. The van der Waals surface area contributed by atoms with Gasteiger partial charge in [-0.15, -0.1) is 0 Å². The predicted octanol–water partition coefficient (Wildman–Crippen LogP) is 2.71. The van der Waals surface area contributed by atoms with Crippen LogP contribution in [0.1, 0.15) is 58.3 Å². The van der Waals surface area contributed by atoms with Crippen LogP contribution in [0.2, 0.25) is 0 Å². The van der Waals surface area contributed by atoms with Gasteiger partial charge in [0.2, 0.25) is 0 Å². The molecule has 2 nitrogen and oxygen atoms in total. The SMILES string of the molecule is CCC1CCC(NCC2CCCC(O)C2)C1. The Morgan fingerprint density at radius 2 is 1.94 bits per heavy atom. The molecule has 0 aromatic heterocycles. The first-order valence-electron chi connectivity index (χ1n) is 7.19. The Balaban J connectivity index is 1.64. The first kappa shape index (κ1) is 12.4. The van der Waals surface area contributed by atoms with Gasteiger partial charge in [-0.05, 0) is 56.9 Å². The van der Waals surface area contributed by atoms with Crippen LogP contribution >= 0.6 is 0 Å². The number of aliphatic hydroxyl groups is 1. The summed E-state index contributed by atoms with van der Waals surface area (Å²) in [6, 6.07) is 0.768. The van der Waals surface area contributed by atoms with Gasteiger partial charge < -0.3 is 10.4 Å². The van der Waals surface area contributed by atoms with Crippen molar-refractivity contribution in [1.29, 1.82) is 0 Å². The maximum Gasteiger partial charge on any atom is 0.0543 e. The van der Waals surface area contributed by atoms with E-state index in [2.05, 4.69) is 12.2 Å². The highest BCUT2D eigenvalue weighted by molar-refractivity contribution is 4.82. The molecule has 0 saturated heterocycles. The molecule has 0 aromatic rings. The Labute approximate surface area is 99.8 Å². The van der Waals surface area contributed by atoms with Gasteiger partial charge in [0.05, 0.1) is 6.10 Å². The molecule has 4 unspecified atom stereocenters. The summed E-state index contributed by atoms with van der Waals surface area (Å²) >= 11 is 0. The molecule has 4 atom stereocenters. The van der Waals surface area contributed by atoms with Crippen molar-refractivity contribution in [1.82, 2.24) is 5.32 Å². The van der Waals surface area contributed by atoms with Crippen LogP contribution < -0.4 is 5.32 Å². The van der Waals surface area contributed by atoms with E-state index in [0.29, 0.717) is 0 Å². The van der Waals surface area contributed by atoms with Crippen molar-refractivity contribution in [2.45, 2.75) is 70.4 Å². The maximum atomic E-state index is 9.62. The van der Waals surface area contributed by atoms with Crippen LogP contribution in [-0.2, 0) is 0 Å². The third-order valence-electron chi connectivity index (χ3n) is 4.57. The normalized spacial score (nSPS) is 40.1. The molecule has 16 heavy (non-hydrogen) atoms. The number of hydrogen-bond acceptors (Lipinski definition) is 2. The molecule has 2 rings (SSSR count). The molecule has 2 heteroatoms. The molecule has 2 saturated carbocycles. The maximum absolute atomic E-state index is 9.62. The van der Waals surface area contributed by atoms with Gasteiger partial charge in [0.15, 0.2) is 0 Å². The second-order valence-corrected chi connectivity index (χ2v) is 5.88. The molecular formula is C14H27NO. The molecule has 0 aromatic carbocycles. The number of rotatable bonds is 4.